The smallest absolute Gasteiger partial charge is 0.0908 e. The molecule has 0 radical (unpaired) electrons. The zero-order valence-electron chi connectivity index (χ0n) is 9.65. The topological polar surface area (TPSA) is 23.8 Å². The highest BCUT2D eigenvalue weighted by Crippen LogP contribution is 2.04. The normalized spacial score (nSPS) is 11.7. The molecule has 15 heavy (non-hydrogen) atoms. The fourth-order valence-electron chi connectivity index (χ4n) is 1.28. The molecule has 0 saturated carbocycles. The van der Waals surface area contributed by atoms with E-state index in [1.807, 2.05) is 12.1 Å². The molecule has 0 saturated heterocycles. The summed E-state index contributed by atoms with van der Waals surface area (Å²) in [5.41, 5.74) is 0. The summed E-state index contributed by atoms with van der Waals surface area (Å²) in [6, 6.07) is 1.98. The fourth-order valence-corrected chi connectivity index (χ4v) is 1.28. The largest absolute Gasteiger partial charge is 0.193 e. The first kappa shape index (κ1) is 13.7. The molecule has 1 heteroatoms. The van der Waals surface area contributed by atoms with Crippen molar-refractivity contribution < 1.29 is 0 Å². The lowest BCUT2D eigenvalue weighted by atomic mass is 10.1. The molecule has 0 rings (SSSR count). The highest BCUT2D eigenvalue weighted by Gasteiger charge is 1.84. The fraction of sp³-hybridized carbons (Fsp3) is 0.500. The summed E-state index contributed by atoms with van der Waals surface area (Å²) in [4.78, 5) is 0. The van der Waals surface area contributed by atoms with Crippen molar-refractivity contribution in [1.29, 1.82) is 5.26 Å². The van der Waals surface area contributed by atoms with Gasteiger partial charge in [-0.25, -0.2) is 0 Å². The second-order valence-corrected chi connectivity index (χ2v) is 3.45. The van der Waals surface area contributed by atoms with Gasteiger partial charge in [0.25, 0.3) is 0 Å². The van der Waals surface area contributed by atoms with Gasteiger partial charge in [-0.15, -0.1) is 0 Å². The molecule has 0 atom stereocenters. The molecule has 1 nitrogen and oxygen atoms in total. The van der Waals surface area contributed by atoms with Crippen LogP contribution in [0, 0.1) is 11.3 Å². The van der Waals surface area contributed by atoms with Crippen molar-refractivity contribution in [2.45, 2.75) is 45.4 Å². The highest BCUT2D eigenvalue weighted by atomic mass is 14.2. The van der Waals surface area contributed by atoms with Gasteiger partial charge in [-0.2, -0.15) is 5.26 Å². The molecule has 0 bridgehead atoms. The zero-order valence-corrected chi connectivity index (χ0v) is 9.65. The van der Waals surface area contributed by atoms with Crippen LogP contribution in [0.5, 0.6) is 0 Å². The van der Waals surface area contributed by atoms with E-state index < -0.39 is 0 Å². The van der Waals surface area contributed by atoms with Crippen LogP contribution >= 0.6 is 0 Å². The van der Waals surface area contributed by atoms with Gasteiger partial charge in [0.2, 0.25) is 0 Å². The van der Waals surface area contributed by atoms with E-state index in [4.69, 9.17) is 5.26 Å². The average Bonchev–Trinajstić information content (AvgIpc) is 2.26. The van der Waals surface area contributed by atoms with Gasteiger partial charge in [0.1, 0.15) is 0 Å². The molecular formula is C14H21N. The van der Waals surface area contributed by atoms with E-state index in [0.29, 0.717) is 0 Å². The summed E-state index contributed by atoms with van der Waals surface area (Å²) >= 11 is 0. The highest BCUT2D eigenvalue weighted by molar-refractivity contribution is 5.04. The van der Waals surface area contributed by atoms with E-state index in [1.54, 1.807) is 0 Å². The first-order valence-electron chi connectivity index (χ1n) is 5.72. The van der Waals surface area contributed by atoms with Crippen molar-refractivity contribution in [2.24, 2.45) is 0 Å². The number of rotatable bonds is 8. The number of allylic oxidation sites excluding steroid dienone is 6. The van der Waals surface area contributed by atoms with Gasteiger partial charge >= 0.3 is 0 Å². The summed E-state index contributed by atoms with van der Waals surface area (Å²) in [7, 11) is 0. The Balaban J connectivity index is 3.17. The average molecular weight is 203 g/mol. The van der Waals surface area contributed by atoms with Crippen LogP contribution in [0.15, 0.2) is 36.5 Å². The van der Waals surface area contributed by atoms with Gasteiger partial charge < -0.3 is 0 Å². The Hall–Kier alpha value is -1.29. The number of nitrogens with zero attached hydrogens (tertiary/aromatic N) is 1. The molecule has 0 aromatic heterocycles. The van der Waals surface area contributed by atoms with Crippen LogP contribution in [0.1, 0.15) is 45.4 Å². The minimum atomic E-state index is 0.881. The Morgan fingerprint density at radius 3 is 2.33 bits per heavy atom. The Bertz CT molecular complexity index is 241. The minimum absolute atomic E-state index is 0.881. The van der Waals surface area contributed by atoms with Crippen molar-refractivity contribution in [2.75, 3.05) is 0 Å². The predicted molar refractivity (Wildman–Crippen MR) is 66.4 cm³/mol. The number of nitriles is 1. The maximum absolute atomic E-state index is 8.24. The Kier molecular flexibility index (Phi) is 11.6. The Labute approximate surface area is 93.8 Å². The third kappa shape index (κ3) is 12.7. The van der Waals surface area contributed by atoms with Crippen molar-refractivity contribution in [3.63, 3.8) is 0 Å². The van der Waals surface area contributed by atoms with Crippen molar-refractivity contribution >= 4 is 0 Å². The minimum Gasteiger partial charge on any atom is -0.193 e. The number of hydrogen-bond donors (Lipinski definition) is 0. The van der Waals surface area contributed by atoms with Gasteiger partial charge in [-0.1, -0.05) is 36.8 Å². The molecule has 0 heterocycles. The summed E-state index contributed by atoms with van der Waals surface area (Å²) in [6.45, 7) is 2.07. The summed E-state index contributed by atoms with van der Waals surface area (Å²) < 4.78 is 0. The van der Waals surface area contributed by atoms with E-state index >= 15 is 0 Å². The monoisotopic (exact) mass is 203 g/mol. The molecule has 0 unspecified atom stereocenters. The van der Waals surface area contributed by atoms with E-state index in [-0.39, 0.29) is 0 Å². The lowest BCUT2D eigenvalue weighted by molar-refractivity contribution is 0.695. The van der Waals surface area contributed by atoms with Crippen LogP contribution in [-0.4, -0.2) is 0 Å². The van der Waals surface area contributed by atoms with Crippen molar-refractivity contribution in [3.05, 3.63) is 36.5 Å². The lowest BCUT2D eigenvalue weighted by Gasteiger charge is -1.94. The molecule has 0 aliphatic carbocycles. The lowest BCUT2D eigenvalue weighted by Crippen LogP contribution is -1.74. The van der Waals surface area contributed by atoms with Crippen LogP contribution in [0.3, 0.4) is 0 Å². The molecule has 0 N–H and O–H groups in total. The molecule has 0 spiro atoms. The Morgan fingerprint density at radius 2 is 1.67 bits per heavy atom. The molecule has 0 aromatic carbocycles. The summed E-state index contributed by atoms with van der Waals surface area (Å²) in [5, 5.41) is 8.24. The molecule has 0 amide bonds. The quantitative estimate of drug-likeness (QED) is 0.323. The van der Waals surface area contributed by atoms with Gasteiger partial charge in [0.05, 0.1) is 6.07 Å². The molecular weight excluding hydrogens is 182 g/mol. The second kappa shape index (κ2) is 12.7. The van der Waals surface area contributed by atoms with Gasteiger partial charge in [0, 0.05) is 6.08 Å². The second-order valence-electron chi connectivity index (χ2n) is 3.45. The summed E-state index contributed by atoms with van der Waals surface area (Å²) in [5.74, 6) is 0. The van der Waals surface area contributed by atoms with Crippen LogP contribution in [-0.2, 0) is 0 Å². The van der Waals surface area contributed by atoms with Crippen LogP contribution in [0.25, 0.3) is 0 Å². The van der Waals surface area contributed by atoms with Gasteiger partial charge in [-0.05, 0) is 39.0 Å². The maximum atomic E-state index is 8.24. The molecule has 0 aliphatic heterocycles. The van der Waals surface area contributed by atoms with Crippen molar-refractivity contribution in [1.82, 2.24) is 0 Å². The van der Waals surface area contributed by atoms with E-state index in [9.17, 15) is 0 Å². The number of hydrogen-bond acceptors (Lipinski definition) is 1. The van der Waals surface area contributed by atoms with Crippen molar-refractivity contribution in [3.8, 4) is 6.07 Å². The SMILES string of the molecule is C/C=C/CCCCC/C=C/C/C=C/C#N. The molecule has 82 valence electrons. The van der Waals surface area contributed by atoms with Crippen LogP contribution < -0.4 is 0 Å². The first-order chi connectivity index (χ1) is 7.41. The van der Waals surface area contributed by atoms with Gasteiger partial charge in [-0.3, -0.25) is 0 Å². The van der Waals surface area contributed by atoms with Crippen LogP contribution in [0.4, 0.5) is 0 Å². The maximum Gasteiger partial charge on any atom is 0.0908 e. The zero-order chi connectivity index (χ0) is 11.2. The third-order valence-electron chi connectivity index (χ3n) is 2.11. The van der Waals surface area contributed by atoms with E-state index in [1.165, 1.54) is 31.8 Å². The molecule has 0 fully saturated rings. The molecule has 0 aliphatic rings. The van der Waals surface area contributed by atoms with Gasteiger partial charge in [0.15, 0.2) is 0 Å². The number of unbranched alkanes of at least 4 members (excludes halogenated alkanes) is 4. The third-order valence-corrected chi connectivity index (χ3v) is 2.11. The van der Waals surface area contributed by atoms with E-state index in [0.717, 1.165) is 12.8 Å². The first-order valence-corrected chi connectivity index (χ1v) is 5.72. The van der Waals surface area contributed by atoms with Crippen LogP contribution in [0.2, 0.25) is 0 Å². The standard InChI is InChI=1S/C14H21N/c1-2-3-4-5-6-7-8-9-10-11-12-13-14-15/h2-3,9-10,12-13H,4-8,11H2,1H3/b3-2+,10-9+,13-12+. The molecule has 0 aromatic rings. The Morgan fingerprint density at radius 1 is 0.933 bits per heavy atom. The van der Waals surface area contributed by atoms with E-state index in [2.05, 4.69) is 31.2 Å². The summed E-state index contributed by atoms with van der Waals surface area (Å²) in [6.07, 6.45) is 19.2. The predicted octanol–water partition coefficient (Wildman–Crippen LogP) is 4.54.